The fourth-order valence-corrected chi connectivity index (χ4v) is 12.7. The number of aldehydes is 1. The van der Waals surface area contributed by atoms with Crippen LogP contribution in [0, 0.1) is 11.8 Å². The van der Waals surface area contributed by atoms with Gasteiger partial charge in [0.15, 0.2) is 8.32 Å². The van der Waals surface area contributed by atoms with E-state index in [4.69, 9.17) is 24.4 Å². The normalized spacial score (nSPS) is 21.8. The van der Waals surface area contributed by atoms with Crippen molar-refractivity contribution in [1.82, 2.24) is 59.2 Å². The summed E-state index contributed by atoms with van der Waals surface area (Å²) in [5.41, 5.74) is 9.01. The molecule has 78 heavy (non-hydrogen) atoms. The van der Waals surface area contributed by atoms with Crippen molar-refractivity contribution in [2.75, 3.05) is 43.5 Å². The average Bonchev–Trinajstić information content (AvgIpc) is 4.19. The highest BCUT2D eigenvalue weighted by atomic mass is 28.4. The maximum atomic E-state index is 10.1. The van der Waals surface area contributed by atoms with Crippen LogP contribution in [0.25, 0.3) is 43.9 Å². The highest BCUT2D eigenvalue weighted by Gasteiger charge is 2.37. The van der Waals surface area contributed by atoms with Gasteiger partial charge in [0.25, 0.3) is 0 Å². The number of hydrogen-bond donors (Lipinski definition) is 4. The Labute approximate surface area is 460 Å². The molecule has 0 aromatic carbocycles. The van der Waals surface area contributed by atoms with Gasteiger partial charge in [0, 0.05) is 103 Å². The first-order valence-corrected chi connectivity index (χ1v) is 31.4. The molecule has 0 saturated heterocycles. The number of nitrogens with one attached hydrogen (secondary N) is 3. The number of rotatable bonds is 11. The zero-order chi connectivity index (χ0) is 54.7. The van der Waals surface area contributed by atoms with E-state index in [1.165, 1.54) is 67.9 Å². The number of β-amino-alcohol motifs (C(OH)–C–C–N with tert-alkyl or cyclic N) is 1. The van der Waals surface area contributed by atoms with Crippen molar-refractivity contribution < 1.29 is 14.3 Å². The molecule has 4 aliphatic rings. The summed E-state index contributed by atoms with van der Waals surface area (Å²) < 4.78 is 10.3. The average molecular weight is 1070 g/mol. The van der Waals surface area contributed by atoms with Crippen LogP contribution in [-0.4, -0.2) is 106 Å². The second-order valence-electron chi connectivity index (χ2n) is 24.1. The number of fused-ring (bicyclic) bond motifs is 8. The van der Waals surface area contributed by atoms with Crippen molar-refractivity contribution in [2.45, 2.75) is 155 Å². The van der Waals surface area contributed by atoms with E-state index in [0.29, 0.717) is 42.4 Å². The molecule has 17 nitrogen and oxygen atoms in total. The van der Waals surface area contributed by atoms with Crippen LogP contribution in [0.1, 0.15) is 146 Å². The highest BCUT2D eigenvalue weighted by molar-refractivity contribution is 6.74. The van der Waals surface area contributed by atoms with E-state index in [2.05, 4.69) is 136 Å². The van der Waals surface area contributed by atoms with Crippen LogP contribution < -0.4 is 16.0 Å². The maximum absolute atomic E-state index is 10.1. The first kappa shape index (κ1) is 55.0. The van der Waals surface area contributed by atoms with Crippen LogP contribution in [0.5, 0.6) is 0 Å². The predicted octanol–water partition coefficient (Wildman–Crippen LogP) is 12.1. The van der Waals surface area contributed by atoms with E-state index >= 15 is 0 Å². The van der Waals surface area contributed by atoms with E-state index in [1.54, 1.807) is 0 Å². The summed E-state index contributed by atoms with van der Waals surface area (Å²) in [4.78, 5) is 50.3. The summed E-state index contributed by atoms with van der Waals surface area (Å²) >= 11 is 0. The minimum absolute atomic E-state index is 0.182. The van der Waals surface area contributed by atoms with Crippen molar-refractivity contribution in [2.24, 2.45) is 11.8 Å². The summed E-state index contributed by atoms with van der Waals surface area (Å²) in [6.07, 6.45) is 22.0. The van der Waals surface area contributed by atoms with Crippen molar-refractivity contribution in [1.29, 1.82) is 0 Å². The van der Waals surface area contributed by atoms with Gasteiger partial charge < -0.3 is 39.4 Å². The third-order valence-electron chi connectivity index (χ3n) is 17.3. The van der Waals surface area contributed by atoms with Crippen molar-refractivity contribution in [3.63, 3.8) is 0 Å². The zero-order valence-electron chi connectivity index (χ0n) is 47.3. The van der Waals surface area contributed by atoms with Gasteiger partial charge in [-0.25, -0.2) is 19.9 Å². The third kappa shape index (κ3) is 11.8. The summed E-state index contributed by atoms with van der Waals surface area (Å²) in [5, 5.41) is 24.2. The number of nitrogens with zero attached hydrogens (tertiary/aromatic N) is 11. The number of pyridine rings is 4. The first-order chi connectivity index (χ1) is 37.6. The molecule has 4 N–H and O–H groups in total. The monoisotopic (exact) mass is 1070 g/mol. The Bertz CT molecular complexity index is 3370. The maximum Gasteiger partial charge on any atom is 0.230 e. The predicted molar refractivity (Wildman–Crippen MR) is 314 cm³/mol. The van der Waals surface area contributed by atoms with Gasteiger partial charge in [-0.15, -0.1) is 0 Å². The fourth-order valence-electron chi connectivity index (χ4n) is 11.8. The largest absolute Gasteiger partial charge is 0.410 e. The van der Waals surface area contributed by atoms with Gasteiger partial charge in [-0.3, -0.25) is 14.9 Å². The minimum Gasteiger partial charge on any atom is -0.410 e. The summed E-state index contributed by atoms with van der Waals surface area (Å²) in [6.45, 7) is 24.5. The van der Waals surface area contributed by atoms with Crippen molar-refractivity contribution in [3.05, 3.63) is 96.1 Å². The number of carbonyl (C=O) groups is 1. The first-order valence-electron chi connectivity index (χ1n) is 28.5. The smallest absolute Gasteiger partial charge is 0.230 e. The topological polar surface area (TPSA) is 199 Å². The minimum atomic E-state index is -1.66. The molecule has 8 aromatic rings. The fraction of sp³-hybridized carbons (Fsp3) is 0.517. The van der Waals surface area contributed by atoms with Gasteiger partial charge >= 0.3 is 0 Å². The summed E-state index contributed by atoms with van der Waals surface area (Å²) in [7, 11) is -1.66. The molecule has 2 atom stereocenters. The molecule has 10 heterocycles. The number of aliphatic hydroxyl groups is 1. The summed E-state index contributed by atoms with van der Waals surface area (Å²) in [6, 6.07) is 13.3. The molecule has 2 aliphatic carbocycles. The molecular weight excluding hydrogens is 993 g/mol. The SMILES string of the molecule is CC(C)(C)[Si](C)(C)OCC=O.CC1CCC(n2c3cnccc3c3cnc(Nc4ccc5c(n4)C(C)CN(CCO)C5)nc32)CC1.CC1CCC(n2c3cnccc3c3cnc(Nc4ccc5c(n4)C(C)CNC5)nc32)CC1. The van der Waals surface area contributed by atoms with E-state index in [0.717, 1.165) is 106 Å². The molecule has 2 unspecified atom stereocenters. The van der Waals surface area contributed by atoms with Crippen LogP contribution in [0.2, 0.25) is 18.1 Å². The van der Waals surface area contributed by atoms with Gasteiger partial charge in [0.1, 0.15) is 29.2 Å². The molecule has 0 spiro atoms. The van der Waals surface area contributed by atoms with E-state index in [1.807, 2.05) is 49.3 Å². The lowest BCUT2D eigenvalue weighted by molar-refractivity contribution is -0.109. The Morgan fingerprint density at radius 1 is 0.679 bits per heavy atom. The molecule has 2 fully saturated rings. The van der Waals surface area contributed by atoms with Gasteiger partial charge in [-0.05, 0) is 117 Å². The van der Waals surface area contributed by atoms with Crippen LogP contribution in [0.15, 0.2) is 73.6 Å². The molecule has 0 bridgehead atoms. The Morgan fingerprint density at radius 2 is 1.19 bits per heavy atom. The molecule has 0 amide bonds. The molecule has 18 heteroatoms. The Balaban J connectivity index is 0.000000149. The lowest BCUT2D eigenvalue weighted by Gasteiger charge is -2.35. The van der Waals surface area contributed by atoms with Gasteiger partial charge in [0.05, 0.1) is 48.0 Å². The lowest BCUT2D eigenvalue weighted by atomic mass is 9.87. The van der Waals surface area contributed by atoms with Crippen molar-refractivity contribution in [3.8, 4) is 0 Å². The Morgan fingerprint density at radius 3 is 1.69 bits per heavy atom. The molecule has 0 radical (unpaired) electrons. The highest BCUT2D eigenvalue weighted by Crippen LogP contribution is 2.41. The van der Waals surface area contributed by atoms with Crippen LogP contribution in [0.3, 0.4) is 0 Å². The molecule has 2 saturated carbocycles. The number of anilines is 4. The van der Waals surface area contributed by atoms with Gasteiger partial charge in [-0.2, -0.15) is 9.97 Å². The third-order valence-corrected chi connectivity index (χ3v) is 21.8. The van der Waals surface area contributed by atoms with Crippen LogP contribution >= 0.6 is 0 Å². The molecular formula is C60H80N14O3Si. The molecule has 12 rings (SSSR count). The second-order valence-corrected chi connectivity index (χ2v) is 28.9. The number of aliphatic hydroxyl groups excluding tert-OH is 1. The van der Waals surface area contributed by atoms with Crippen molar-refractivity contribution >= 4 is 82.0 Å². The Hall–Kier alpha value is -6.31. The van der Waals surface area contributed by atoms with E-state index < -0.39 is 8.32 Å². The lowest BCUT2D eigenvalue weighted by Crippen LogP contribution is -2.41. The molecule has 2 aliphatic heterocycles. The Kier molecular flexibility index (Phi) is 16.6. The number of hydrogen-bond acceptors (Lipinski definition) is 15. The van der Waals surface area contributed by atoms with Gasteiger partial charge in [0.2, 0.25) is 11.9 Å². The standard InChI is InChI=1S/C27H33N7O.C25H29N7.C8H18O2Si/c1-17-3-6-20(7-4-17)34-23-14-28-10-9-21(23)22-13-29-27(32-26(22)34)31-24-8-5-19-16-33(11-12-35)15-18(2)25(19)30-24;1-15-3-6-18(7-4-15)32-21-14-26-10-9-19(21)20-13-28-25(31-24(20)32)30-22-8-5-17-12-27-11-16(2)23(17)29-22;1-8(2,3)11(4,5)10-7-6-9/h5,8-10,13-14,17-18,20,35H,3-4,6-7,11-12,15-16H2,1-2H3,(H,29,30,31,32);5,8-10,13-16,18,27H,3-4,6-7,11-12H2,1-2H3,(H,28,29,30,31);6H,7H2,1-5H3. The quantitative estimate of drug-likeness (QED) is 0.0704. The van der Waals surface area contributed by atoms with E-state index in [-0.39, 0.29) is 18.3 Å². The van der Waals surface area contributed by atoms with E-state index in [9.17, 15) is 9.90 Å². The number of carbonyl (C=O) groups excluding carboxylic acids is 1. The zero-order valence-corrected chi connectivity index (χ0v) is 48.3. The number of aromatic nitrogens is 10. The van der Waals surface area contributed by atoms with Crippen LogP contribution in [-0.2, 0) is 22.3 Å². The summed E-state index contributed by atoms with van der Waals surface area (Å²) in [5.74, 6) is 5.01. The molecule has 412 valence electrons. The molecule has 8 aromatic heterocycles. The van der Waals surface area contributed by atoms with Gasteiger partial charge in [-0.1, -0.05) is 60.6 Å². The van der Waals surface area contributed by atoms with Crippen LogP contribution in [0.4, 0.5) is 23.5 Å². The second kappa shape index (κ2) is 23.6.